The first kappa shape index (κ1) is 13.0. The van der Waals surface area contributed by atoms with Crippen LogP contribution in [0.3, 0.4) is 0 Å². The number of carbonyl (C=O) groups excluding carboxylic acids is 1. The molecule has 1 amide bonds. The summed E-state index contributed by atoms with van der Waals surface area (Å²) >= 11 is 0. The van der Waals surface area contributed by atoms with Gasteiger partial charge in [-0.2, -0.15) is 5.10 Å². The molecule has 0 fully saturated rings. The minimum atomic E-state index is -0.192. The van der Waals surface area contributed by atoms with E-state index in [2.05, 4.69) is 30.8 Å². The van der Waals surface area contributed by atoms with Crippen molar-refractivity contribution < 1.29 is 4.79 Å². The molecule has 2 aromatic rings. The number of anilines is 1. The van der Waals surface area contributed by atoms with Crippen molar-refractivity contribution in [3.05, 3.63) is 36.2 Å². The normalized spacial score (nSPS) is 10.2. The van der Waals surface area contributed by atoms with Crippen LogP contribution in [0.1, 0.15) is 23.2 Å². The number of H-pyrrole nitrogens is 1. The van der Waals surface area contributed by atoms with Gasteiger partial charge in [-0.1, -0.05) is 0 Å². The summed E-state index contributed by atoms with van der Waals surface area (Å²) in [6.45, 7) is 3.32. The SMILES string of the molecule is CCNc1ccc(C(=O)NCCc2ncn[nH]2)nc1. The number of pyridine rings is 1. The first-order valence-electron chi connectivity index (χ1n) is 6.12. The van der Waals surface area contributed by atoms with Crippen LogP contribution in [-0.2, 0) is 6.42 Å². The number of hydrogen-bond donors (Lipinski definition) is 3. The molecule has 0 aromatic carbocycles. The fourth-order valence-electron chi connectivity index (χ4n) is 1.57. The van der Waals surface area contributed by atoms with E-state index in [0.29, 0.717) is 18.7 Å². The maximum atomic E-state index is 11.8. The molecule has 0 aliphatic heterocycles. The maximum Gasteiger partial charge on any atom is 0.269 e. The molecule has 100 valence electrons. The number of hydrogen-bond acceptors (Lipinski definition) is 5. The van der Waals surface area contributed by atoms with Crippen molar-refractivity contribution in [3.8, 4) is 0 Å². The lowest BCUT2D eigenvalue weighted by molar-refractivity contribution is 0.0949. The van der Waals surface area contributed by atoms with E-state index in [0.717, 1.165) is 18.1 Å². The standard InChI is InChI=1S/C12H16N6O/c1-2-13-9-3-4-10(15-7-9)12(19)14-6-5-11-16-8-17-18-11/h3-4,7-8,13H,2,5-6H2,1H3,(H,14,19)(H,16,17,18). The highest BCUT2D eigenvalue weighted by Crippen LogP contribution is 2.05. The zero-order valence-corrected chi connectivity index (χ0v) is 10.7. The third kappa shape index (κ3) is 3.77. The number of amides is 1. The van der Waals surface area contributed by atoms with Crippen molar-refractivity contribution >= 4 is 11.6 Å². The molecule has 7 nitrogen and oxygen atoms in total. The smallest absolute Gasteiger partial charge is 0.269 e. The van der Waals surface area contributed by atoms with Gasteiger partial charge in [-0.15, -0.1) is 0 Å². The first-order valence-corrected chi connectivity index (χ1v) is 6.12. The minimum Gasteiger partial charge on any atom is -0.384 e. The molecular weight excluding hydrogens is 244 g/mol. The van der Waals surface area contributed by atoms with Crippen molar-refractivity contribution in [2.75, 3.05) is 18.4 Å². The van der Waals surface area contributed by atoms with Gasteiger partial charge in [0, 0.05) is 19.5 Å². The van der Waals surface area contributed by atoms with Crippen LogP contribution in [-0.4, -0.2) is 39.2 Å². The van der Waals surface area contributed by atoms with Gasteiger partial charge in [-0.3, -0.25) is 9.89 Å². The highest BCUT2D eigenvalue weighted by atomic mass is 16.1. The molecule has 3 N–H and O–H groups in total. The van der Waals surface area contributed by atoms with Gasteiger partial charge >= 0.3 is 0 Å². The highest BCUT2D eigenvalue weighted by molar-refractivity contribution is 5.92. The molecule has 0 aliphatic carbocycles. The van der Waals surface area contributed by atoms with Gasteiger partial charge in [0.15, 0.2) is 0 Å². The Bertz CT molecular complexity index is 508. The van der Waals surface area contributed by atoms with Crippen LogP contribution in [0.25, 0.3) is 0 Å². The minimum absolute atomic E-state index is 0.192. The van der Waals surface area contributed by atoms with Crippen molar-refractivity contribution in [1.82, 2.24) is 25.5 Å². The van der Waals surface area contributed by atoms with E-state index < -0.39 is 0 Å². The lowest BCUT2D eigenvalue weighted by Gasteiger charge is -2.05. The van der Waals surface area contributed by atoms with Crippen LogP contribution in [0.5, 0.6) is 0 Å². The van der Waals surface area contributed by atoms with Gasteiger partial charge in [-0.05, 0) is 19.1 Å². The van der Waals surface area contributed by atoms with E-state index in [-0.39, 0.29) is 5.91 Å². The Morgan fingerprint density at radius 1 is 1.37 bits per heavy atom. The first-order chi connectivity index (χ1) is 9.29. The fourth-order valence-corrected chi connectivity index (χ4v) is 1.57. The van der Waals surface area contributed by atoms with Crippen LogP contribution in [0.2, 0.25) is 0 Å². The van der Waals surface area contributed by atoms with Gasteiger partial charge in [0.05, 0.1) is 11.9 Å². The number of aromatic nitrogens is 4. The Hall–Kier alpha value is -2.44. The van der Waals surface area contributed by atoms with Crippen LogP contribution >= 0.6 is 0 Å². The number of rotatable bonds is 6. The molecule has 0 spiro atoms. The number of nitrogens with one attached hydrogen (secondary N) is 3. The average Bonchev–Trinajstić information content (AvgIpc) is 2.93. The zero-order chi connectivity index (χ0) is 13.5. The van der Waals surface area contributed by atoms with E-state index in [1.165, 1.54) is 6.33 Å². The topological polar surface area (TPSA) is 95.6 Å². The van der Waals surface area contributed by atoms with Crippen molar-refractivity contribution in [3.63, 3.8) is 0 Å². The molecule has 0 aliphatic rings. The largest absolute Gasteiger partial charge is 0.384 e. The molecule has 0 bridgehead atoms. The summed E-state index contributed by atoms with van der Waals surface area (Å²) in [5.74, 6) is 0.554. The molecule has 2 aromatic heterocycles. The lowest BCUT2D eigenvalue weighted by atomic mass is 10.3. The summed E-state index contributed by atoms with van der Waals surface area (Å²) in [4.78, 5) is 19.9. The predicted molar refractivity (Wildman–Crippen MR) is 70.8 cm³/mol. The molecular formula is C12H16N6O. The van der Waals surface area contributed by atoms with Gasteiger partial charge < -0.3 is 10.6 Å². The summed E-state index contributed by atoms with van der Waals surface area (Å²) < 4.78 is 0. The van der Waals surface area contributed by atoms with E-state index >= 15 is 0 Å². The van der Waals surface area contributed by atoms with Crippen molar-refractivity contribution in [2.45, 2.75) is 13.3 Å². The molecule has 0 unspecified atom stereocenters. The summed E-state index contributed by atoms with van der Waals surface area (Å²) in [5.41, 5.74) is 1.31. The molecule has 19 heavy (non-hydrogen) atoms. The van der Waals surface area contributed by atoms with E-state index in [4.69, 9.17) is 0 Å². The molecule has 0 atom stereocenters. The summed E-state index contributed by atoms with van der Waals surface area (Å²) in [5, 5.41) is 12.4. The van der Waals surface area contributed by atoms with E-state index in [1.54, 1.807) is 12.3 Å². The Balaban J connectivity index is 1.82. The second-order valence-corrected chi connectivity index (χ2v) is 3.90. The van der Waals surface area contributed by atoms with Gasteiger partial charge in [0.1, 0.15) is 17.8 Å². The molecule has 0 saturated carbocycles. The van der Waals surface area contributed by atoms with Gasteiger partial charge in [0.2, 0.25) is 0 Å². The summed E-state index contributed by atoms with van der Waals surface area (Å²) in [7, 11) is 0. The van der Waals surface area contributed by atoms with E-state index in [9.17, 15) is 4.79 Å². The third-order valence-corrected chi connectivity index (χ3v) is 2.49. The second kappa shape index (κ2) is 6.48. The van der Waals surface area contributed by atoms with Gasteiger partial charge in [0.25, 0.3) is 5.91 Å². The Morgan fingerprint density at radius 2 is 2.26 bits per heavy atom. The Labute approximate surface area is 110 Å². The number of carbonyl (C=O) groups is 1. The van der Waals surface area contributed by atoms with Crippen LogP contribution < -0.4 is 10.6 Å². The average molecular weight is 260 g/mol. The molecule has 2 heterocycles. The fraction of sp³-hybridized carbons (Fsp3) is 0.333. The molecule has 2 rings (SSSR count). The highest BCUT2D eigenvalue weighted by Gasteiger charge is 2.06. The van der Waals surface area contributed by atoms with Crippen molar-refractivity contribution in [1.29, 1.82) is 0 Å². The van der Waals surface area contributed by atoms with Crippen LogP contribution in [0.15, 0.2) is 24.7 Å². The molecule has 0 radical (unpaired) electrons. The lowest BCUT2D eigenvalue weighted by Crippen LogP contribution is -2.26. The number of aromatic amines is 1. The number of nitrogens with zero attached hydrogens (tertiary/aromatic N) is 3. The summed E-state index contributed by atoms with van der Waals surface area (Å²) in [6, 6.07) is 3.53. The molecule has 0 saturated heterocycles. The molecule has 7 heteroatoms. The van der Waals surface area contributed by atoms with Gasteiger partial charge in [-0.25, -0.2) is 9.97 Å². The monoisotopic (exact) mass is 260 g/mol. The van der Waals surface area contributed by atoms with Crippen LogP contribution in [0.4, 0.5) is 5.69 Å². The van der Waals surface area contributed by atoms with E-state index in [1.807, 2.05) is 13.0 Å². The zero-order valence-electron chi connectivity index (χ0n) is 10.7. The second-order valence-electron chi connectivity index (χ2n) is 3.90. The quantitative estimate of drug-likeness (QED) is 0.707. The third-order valence-electron chi connectivity index (χ3n) is 2.49. The maximum absolute atomic E-state index is 11.8. The summed E-state index contributed by atoms with van der Waals surface area (Å²) in [6.07, 6.45) is 3.70. The predicted octanol–water partition coefficient (Wildman–Crippen LogP) is 0.604. The Morgan fingerprint density at radius 3 is 2.89 bits per heavy atom. The Kier molecular flexibility index (Phi) is 4.44. The van der Waals surface area contributed by atoms with Crippen molar-refractivity contribution in [2.24, 2.45) is 0 Å². The van der Waals surface area contributed by atoms with Crippen LogP contribution in [0, 0.1) is 0 Å².